The van der Waals surface area contributed by atoms with Crippen LogP contribution in [-0.4, -0.2) is 59.8 Å². The molecule has 42 heavy (non-hydrogen) atoms. The first-order valence-corrected chi connectivity index (χ1v) is 14.0. The minimum Gasteiger partial charge on any atom is -0.378 e. The summed E-state index contributed by atoms with van der Waals surface area (Å²) in [7, 11) is 3.91. The topological polar surface area (TPSA) is 59.7 Å². The number of carbonyl (C=O) groups is 2. The molecule has 1 unspecified atom stereocenters. The maximum absolute atomic E-state index is 13.9. The van der Waals surface area contributed by atoms with Crippen molar-refractivity contribution in [2.24, 2.45) is 0 Å². The van der Waals surface area contributed by atoms with Gasteiger partial charge >= 0.3 is 6.18 Å². The Hall–Kier alpha value is -4.27. The third kappa shape index (κ3) is 7.32. The van der Waals surface area contributed by atoms with Crippen LogP contribution in [-0.2, 0) is 23.9 Å². The summed E-state index contributed by atoms with van der Waals surface area (Å²) in [5.41, 5.74) is 3.06. The lowest BCUT2D eigenvalue weighted by molar-refractivity contribution is -0.137. The molecule has 1 N–H and O–H groups in total. The van der Waals surface area contributed by atoms with Gasteiger partial charge in [0.05, 0.1) is 5.56 Å². The van der Waals surface area contributed by atoms with Crippen molar-refractivity contribution < 1.29 is 22.8 Å². The number of nitrogens with zero attached hydrogens (tertiary/aromatic N) is 3. The minimum atomic E-state index is -4.57. The second kappa shape index (κ2) is 13.1. The highest BCUT2D eigenvalue weighted by Crippen LogP contribution is 2.30. The van der Waals surface area contributed by atoms with E-state index in [1.165, 1.54) is 17.0 Å². The molecule has 0 bridgehead atoms. The Kier molecular flexibility index (Phi) is 9.60. The molecule has 9 heteroatoms. The number of halogens is 3. The van der Waals surface area contributed by atoms with Gasteiger partial charge in [0.25, 0.3) is 5.91 Å². The van der Waals surface area contributed by atoms with Crippen LogP contribution in [0.2, 0.25) is 0 Å². The Morgan fingerprint density at radius 1 is 0.952 bits per heavy atom. The first-order valence-electron chi connectivity index (χ1n) is 14.0. The van der Waals surface area contributed by atoms with Gasteiger partial charge in [-0.05, 0) is 67.3 Å². The lowest BCUT2D eigenvalue weighted by atomic mass is 10.1. The molecule has 3 aromatic carbocycles. The Morgan fingerprint density at radius 2 is 1.67 bits per heavy atom. The largest absolute Gasteiger partial charge is 0.416 e. The van der Waals surface area contributed by atoms with E-state index in [1.54, 1.807) is 11.8 Å². The van der Waals surface area contributed by atoms with Crippen molar-refractivity contribution in [1.29, 1.82) is 0 Å². The third-order valence-electron chi connectivity index (χ3n) is 7.63. The lowest BCUT2D eigenvalue weighted by Crippen LogP contribution is -2.46. The standard InChI is InChI=1S/C33H37F3N4O2/c1-5-23(2)40(32(42)25-9-8-10-27(19-25)33(34,35)36)22-31(41)39(21-24-13-15-28(16-14-24)38(3)4)18-17-26-20-37-30-12-7-6-11-29(26)30/h6-16,19-20,23,37H,5,17-18,21-22H2,1-4H3. The van der Waals surface area contributed by atoms with Gasteiger partial charge in [0.15, 0.2) is 0 Å². The molecule has 0 radical (unpaired) electrons. The summed E-state index contributed by atoms with van der Waals surface area (Å²) in [4.78, 5) is 35.8. The van der Waals surface area contributed by atoms with Crippen LogP contribution in [0, 0.1) is 0 Å². The maximum atomic E-state index is 13.9. The molecule has 1 atom stereocenters. The molecule has 6 nitrogen and oxygen atoms in total. The molecule has 1 aromatic heterocycles. The quantitative estimate of drug-likeness (QED) is 0.214. The summed E-state index contributed by atoms with van der Waals surface area (Å²) in [6.07, 6.45) is -1.49. The molecule has 0 spiro atoms. The molecule has 0 fully saturated rings. The molecule has 1 heterocycles. The number of amides is 2. The Balaban J connectivity index is 1.59. The van der Waals surface area contributed by atoms with Crippen molar-refractivity contribution >= 4 is 28.4 Å². The SMILES string of the molecule is CCC(C)N(CC(=O)N(CCc1c[nH]c2ccccc12)Cc1ccc(N(C)C)cc1)C(=O)c1cccc(C(F)(F)F)c1. The number of fused-ring (bicyclic) bond motifs is 1. The summed E-state index contributed by atoms with van der Waals surface area (Å²) < 4.78 is 40.1. The van der Waals surface area contributed by atoms with Crippen LogP contribution in [0.1, 0.15) is 47.3 Å². The number of carbonyl (C=O) groups excluding carboxylic acids is 2. The van der Waals surface area contributed by atoms with Gasteiger partial charge in [-0.25, -0.2) is 0 Å². The van der Waals surface area contributed by atoms with Crippen LogP contribution in [0.4, 0.5) is 18.9 Å². The average molecular weight is 579 g/mol. The highest BCUT2D eigenvalue weighted by atomic mass is 19.4. The van der Waals surface area contributed by atoms with Crippen molar-refractivity contribution in [3.63, 3.8) is 0 Å². The number of anilines is 1. The Morgan fingerprint density at radius 3 is 2.33 bits per heavy atom. The molecular weight excluding hydrogens is 541 g/mol. The van der Waals surface area contributed by atoms with E-state index in [0.717, 1.165) is 39.8 Å². The molecular formula is C33H37F3N4O2. The number of para-hydroxylation sites is 1. The monoisotopic (exact) mass is 578 g/mol. The smallest absolute Gasteiger partial charge is 0.378 e. The molecule has 0 aliphatic rings. The number of H-pyrrole nitrogens is 1. The van der Waals surface area contributed by atoms with E-state index in [-0.39, 0.29) is 24.1 Å². The molecule has 222 valence electrons. The van der Waals surface area contributed by atoms with Gasteiger partial charge in [-0.1, -0.05) is 43.3 Å². The number of hydrogen-bond donors (Lipinski definition) is 1. The van der Waals surface area contributed by atoms with Crippen molar-refractivity contribution in [3.05, 3.63) is 101 Å². The van der Waals surface area contributed by atoms with Gasteiger partial charge in [-0.2, -0.15) is 13.2 Å². The van der Waals surface area contributed by atoms with Gasteiger partial charge < -0.3 is 19.7 Å². The van der Waals surface area contributed by atoms with E-state index in [1.807, 2.05) is 80.6 Å². The van der Waals surface area contributed by atoms with Gasteiger partial charge in [-0.3, -0.25) is 9.59 Å². The predicted molar refractivity (Wildman–Crippen MR) is 160 cm³/mol. The predicted octanol–water partition coefficient (Wildman–Crippen LogP) is 6.76. The van der Waals surface area contributed by atoms with Gasteiger partial charge in [0.1, 0.15) is 6.54 Å². The summed E-state index contributed by atoms with van der Waals surface area (Å²) in [6, 6.07) is 19.9. The first kappa shape index (κ1) is 30.7. The molecule has 2 amide bonds. The van der Waals surface area contributed by atoms with Gasteiger partial charge in [-0.15, -0.1) is 0 Å². The fourth-order valence-corrected chi connectivity index (χ4v) is 4.89. The van der Waals surface area contributed by atoms with Crippen LogP contribution >= 0.6 is 0 Å². The zero-order valence-electron chi connectivity index (χ0n) is 24.4. The maximum Gasteiger partial charge on any atom is 0.416 e. The minimum absolute atomic E-state index is 0.0949. The molecule has 0 aliphatic carbocycles. The lowest BCUT2D eigenvalue weighted by Gasteiger charge is -2.31. The highest BCUT2D eigenvalue weighted by molar-refractivity contribution is 5.97. The van der Waals surface area contributed by atoms with Crippen LogP contribution in [0.25, 0.3) is 10.9 Å². The van der Waals surface area contributed by atoms with E-state index in [4.69, 9.17) is 0 Å². The summed E-state index contributed by atoms with van der Waals surface area (Å²) in [6.45, 7) is 4.18. The fourth-order valence-electron chi connectivity index (χ4n) is 4.89. The van der Waals surface area contributed by atoms with E-state index >= 15 is 0 Å². The molecule has 4 aromatic rings. The first-order chi connectivity index (χ1) is 20.0. The number of benzene rings is 3. The zero-order chi connectivity index (χ0) is 30.4. The number of aromatic nitrogens is 1. The number of rotatable bonds is 11. The van der Waals surface area contributed by atoms with E-state index in [2.05, 4.69) is 4.98 Å². The second-order valence-electron chi connectivity index (χ2n) is 10.8. The van der Waals surface area contributed by atoms with E-state index in [0.29, 0.717) is 25.9 Å². The normalized spacial score (nSPS) is 12.3. The van der Waals surface area contributed by atoms with Gasteiger partial charge in [0.2, 0.25) is 5.91 Å². The molecule has 4 rings (SSSR count). The fraction of sp³-hybridized carbons (Fsp3) is 0.333. The van der Waals surface area contributed by atoms with Crippen LogP contribution in [0.15, 0.2) is 79.0 Å². The van der Waals surface area contributed by atoms with Crippen LogP contribution in [0.5, 0.6) is 0 Å². The average Bonchev–Trinajstić information content (AvgIpc) is 3.40. The Labute approximate surface area is 244 Å². The van der Waals surface area contributed by atoms with Gasteiger partial charge in [0, 0.05) is 61.6 Å². The van der Waals surface area contributed by atoms with Crippen molar-refractivity contribution in [3.8, 4) is 0 Å². The van der Waals surface area contributed by atoms with Crippen LogP contribution in [0.3, 0.4) is 0 Å². The molecule has 0 saturated carbocycles. The number of aromatic amines is 1. The zero-order valence-corrected chi connectivity index (χ0v) is 24.4. The van der Waals surface area contributed by atoms with E-state index in [9.17, 15) is 22.8 Å². The van der Waals surface area contributed by atoms with Crippen molar-refractivity contribution in [2.45, 2.75) is 45.5 Å². The van der Waals surface area contributed by atoms with Crippen molar-refractivity contribution in [2.75, 3.05) is 32.1 Å². The summed E-state index contributed by atoms with van der Waals surface area (Å²) in [5.74, 6) is -0.872. The number of alkyl halides is 3. The number of hydrogen-bond acceptors (Lipinski definition) is 3. The highest BCUT2D eigenvalue weighted by Gasteiger charge is 2.32. The molecule has 0 aliphatic heterocycles. The number of nitrogens with one attached hydrogen (secondary N) is 1. The summed E-state index contributed by atoms with van der Waals surface area (Å²) >= 11 is 0. The van der Waals surface area contributed by atoms with Crippen molar-refractivity contribution in [1.82, 2.24) is 14.8 Å². The molecule has 0 saturated heterocycles. The van der Waals surface area contributed by atoms with Crippen LogP contribution < -0.4 is 4.90 Å². The third-order valence-corrected chi connectivity index (χ3v) is 7.63. The Bertz CT molecular complexity index is 1510. The van der Waals surface area contributed by atoms with E-state index < -0.39 is 17.6 Å². The summed E-state index contributed by atoms with van der Waals surface area (Å²) in [5, 5.41) is 1.08. The second-order valence-corrected chi connectivity index (χ2v) is 10.8.